The second-order valence-electron chi connectivity index (χ2n) is 4.46. The first-order chi connectivity index (χ1) is 8.82. The van der Waals surface area contributed by atoms with Gasteiger partial charge >= 0.3 is 0 Å². The number of rotatable bonds is 2. The molecule has 1 nitrogen and oxygen atoms in total. The van der Waals surface area contributed by atoms with Crippen LogP contribution in [0.5, 0.6) is 0 Å². The molecule has 0 bridgehead atoms. The van der Waals surface area contributed by atoms with Crippen LogP contribution in [0.15, 0.2) is 36.4 Å². The van der Waals surface area contributed by atoms with Gasteiger partial charge in [-0.3, -0.25) is 0 Å². The average Bonchev–Trinajstić information content (AvgIpc) is 2.33. The molecule has 0 aliphatic heterocycles. The molecule has 5 heteroatoms. The smallest absolute Gasteiger partial charge is 0.142 e. The highest BCUT2D eigenvalue weighted by Gasteiger charge is 2.27. The van der Waals surface area contributed by atoms with E-state index in [-0.39, 0.29) is 5.02 Å². The van der Waals surface area contributed by atoms with Gasteiger partial charge in [0.05, 0.1) is 10.6 Å². The molecular weight excluding hydrogens is 308 g/mol. The van der Waals surface area contributed by atoms with Gasteiger partial charge in [-0.05, 0) is 42.3 Å². The minimum absolute atomic E-state index is 0.0318. The van der Waals surface area contributed by atoms with Gasteiger partial charge < -0.3 is 5.73 Å². The molecule has 0 radical (unpaired) electrons. The fourth-order valence-electron chi connectivity index (χ4n) is 1.89. The van der Waals surface area contributed by atoms with Crippen LogP contribution >= 0.6 is 34.8 Å². The summed E-state index contributed by atoms with van der Waals surface area (Å²) in [5.74, 6) is -0.556. The fourth-order valence-corrected chi connectivity index (χ4v) is 2.66. The van der Waals surface area contributed by atoms with E-state index in [1.807, 2.05) is 6.07 Å². The molecule has 1 atom stereocenters. The van der Waals surface area contributed by atoms with E-state index in [4.69, 9.17) is 40.5 Å². The molecule has 0 aliphatic carbocycles. The monoisotopic (exact) mass is 317 g/mol. The maximum atomic E-state index is 13.6. The van der Waals surface area contributed by atoms with Gasteiger partial charge in [-0.2, -0.15) is 0 Å². The predicted octanol–water partition coefficient (Wildman–Crippen LogP) is 5.01. The lowest BCUT2D eigenvalue weighted by molar-refractivity contribution is 0.582. The van der Waals surface area contributed by atoms with Crippen LogP contribution in [0.3, 0.4) is 0 Å². The van der Waals surface area contributed by atoms with Crippen molar-refractivity contribution in [3.8, 4) is 0 Å². The SMILES string of the molecule is CC(N)(c1cccc(Cl)c1)c1cc(F)c(Cl)cc1Cl. The van der Waals surface area contributed by atoms with E-state index in [0.717, 1.165) is 5.56 Å². The molecule has 0 fully saturated rings. The Kier molecular flexibility index (Phi) is 4.07. The van der Waals surface area contributed by atoms with E-state index < -0.39 is 11.4 Å². The predicted molar refractivity (Wildman–Crippen MR) is 78.5 cm³/mol. The molecule has 0 spiro atoms. The second-order valence-corrected chi connectivity index (χ2v) is 5.71. The molecule has 0 aliphatic rings. The van der Waals surface area contributed by atoms with Gasteiger partial charge in [0, 0.05) is 10.0 Å². The molecule has 2 aromatic carbocycles. The summed E-state index contributed by atoms with van der Waals surface area (Å²) in [6.07, 6.45) is 0. The van der Waals surface area contributed by atoms with Gasteiger partial charge in [-0.25, -0.2) is 4.39 Å². The molecule has 19 heavy (non-hydrogen) atoms. The molecule has 2 aromatic rings. The van der Waals surface area contributed by atoms with Crippen LogP contribution in [0.25, 0.3) is 0 Å². The van der Waals surface area contributed by atoms with Crippen molar-refractivity contribution in [2.45, 2.75) is 12.5 Å². The Hall–Kier alpha value is -0.800. The van der Waals surface area contributed by atoms with Crippen molar-refractivity contribution >= 4 is 34.8 Å². The first-order valence-electron chi connectivity index (χ1n) is 5.52. The third kappa shape index (κ3) is 2.87. The Morgan fingerprint density at radius 3 is 2.37 bits per heavy atom. The zero-order valence-corrected chi connectivity index (χ0v) is 12.3. The number of nitrogens with two attached hydrogens (primary N) is 1. The Balaban J connectivity index is 2.59. The lowest BCUT2D eigenvalue weighted by atomic mass is 9.85. The van der Waals surface area contributed by atoms with Gasteiger partial charge in [0.2, 0.25) is 0 Å². The van der Waals surface area contributed by atoms with E-state index in [9.17, 15) is 4.39 Å². The highest BCUT2D eigenvalue weighted by Crippen LogP contribution is 2.35. The normalized spacial score (nSPS) is 14.2. The standard InChI is InChI=1S/C14H11Cl3FN/c1-14(19,8-3-2-4-9(15)5-8)10-6-13(18)12(17)7-11(10)16/h2-7H,19H2,1H3. The lowest BCUT2D eigenvalue weighted by Crippen LogP contribution is -2.34. The van der Waals surface area contributed by atoms with Crippen LogP contribution < -0.4 is 5.73 Å². The summed E-state index contributed by atoms with van der Waals surface area (Å²) in [5.41, 5.74) is 6.53. The molecule has 2 rings (SSSR count). The number of hydrogen-bond donors (Lipinski definition) is 1. The number of halogens is 4. The van der Waals surface area contributed by atoms with Crippen LogP contribution in [-0.4, -0.2) is 0 Å². The maximum Gasteiger partial charge on any atom is 0.142 e. The first-order valence-corrected chi connectivity index (χ1v) is 6.65. The summed E-state index contributed by atoms with van der Waals surface area (Å²) in [5, 5.41) is 0.840. The van der Waals surface area contributed by atoms with Crippen molar-refractivity contribution < 1.29 is 4.39 Å². The largest absolute Gasteiger partial charge is 0.318 e. The van der Waals surface area contributed by atoms with Crippen LogP contribution in [0.1, 0.15) is 18.1 Å². The molecule has 0 amide bonds. The average molecular weight is 319 g/mol. The van der Waals surface area contributed by atoms with E-state index in [1.165, 1.54) is 12.1 Å². The van der Waals surface area contributed by atoms with Crippen molar-refractivity contribution in [1.29, 1.82) is 0 Å². The van der Waals surface area contributed by atoms with Crippen molar-refractivity contribution in [2.24, 2.45) is 5.73 Å². The Morgan fingerprint density at radius 1 is 1.05 bits per heavy atom. The Labute approximate surface area is 126 Å². The Morgan fingerprint density at radius 2 is 1.74 bits per heavy atom. The summed E-state index contributed by atoms with van der Waals surface area (Å²) in [6.45, 7) is 1.74. The quantitative estimate of drug-likeness (QED) is 0.774. The molecule has 0 saturated carbocycles. The summed E-state index contributed by atoms with van der Waals surface area (Å²) in [4.78, 5) is 0. The lowest BCUT2D eigenvalue weighted by Gasteiger charge is -2.27. The summed E-state index contributed by atoms with van der Waals surface area (Å²) < 4.78 is 13.6. The highest BCUT2D eigenvalue weighted by atomic mass is 35.5. The van der Waals surface area contributed by atoms with Gasteiger partial charge in [0.1, 0.15) is 5.82 Å². The summed E-state index contributed by atoms with van der Waals surface area (Å²) in [6, 6.07) is 9.67. The topological polar surface area (TPSA) is 26.0 Å². The van der Waals surface area contributed by atoms with E-state index in [1.54, 1.807) is 25.1 Å². The summed E-state index contributed by atoms with van der Waals surface area (Å²) in [7, 11) is 0. The van der Waals surface area contributed by atoms with Crippen LogP contribution in [0.2, 0.25) is 15.1 Å². The van der Waals surface area contributed by atoms with Gasteiger partial charge in [-0.1, -0.05) is 46.9 Å². The zero-order valence-electron chi connectivity index (χ0n) is 10.1. The number of hydrogen-bond acceptors (Lipinski definition) is 1. The Bertz CT molecular complexity index is 626. The van der Waals surface area contributed by atoms with Crippen LogP contribution in [0, 0.1) is 5.82 Å². The molecule has 2 N–H and O–H groups in total. The highest BCUT2D eigenvalue weighted by molar-refractivity contribution is 6.35. The molecule has 1 unspecified atom stereocenters. The third-order valence-corrected chi connectivity index (χ3v) is 3.83. The molecule has 100 valence electrons. The molecule has 0 heterocycles. The summed E-state index contributed by atoms with van der Waals surface area (Å²) >= 11 is 17.7. The second kappa shape index (κ2) is 5.29. The minimum Gasteiger partial charge on any atom is -0.318 e. The first kappa shape index (κ1) is 14.6. The molecule has 0 saturated heterocycles. The van der Waals surface area contributed by atoms with Crippen LogP contribution in [-0.2, 0) is 5.54 Å². The molecule has 0 aromatic heterocycles. The van der Waals surface area contributed by atoms with E-state index in [0.29, 0.717) is 15.6 Å². The fraction of sp³-hybridized carbons (Fsp3) is 0.143. The minimum atomic E-state index is -0.965. The van der Waals surface area contributed by atoms with Gasteiger partial charge in [-0.15, -0.1) is 0 Å². The van der Waals surface area contributed by atoms with Crippen LogP contribution in [0.4, 0.5) is 4.39 Å². The number of benzene rings is 2. The third-order valence-electron chi connectivity index (χ3n) is 2.99. The van der Waals surface area contributed by atoms with Crippen molar-refractivity contribution in [3.63, 3.8) is 0 Å². The maximum absolute atomic E-state index is 13.6. The van der Waals surface area contributed by atoms with Crippen molar-refractivity contribution in [1.82, 2.24) is 0 Å². The molecular formula is C14H11Cl3FN. The van der Waals surface area contributed by atoms with Gasteiger partial charge in [0.15, 0.2) is 0 Å². The van der Waals surface area contributed by atoms with E-state index in [2.05, 4.69) is 0 Å². The van der Waals surface area contributed by atoms with Crippen molar-refractivity contribution in [2.75, 3.05) is 0 Å². The zero-order chi connectivity index (χ0) is 14.2. The van der Waals surface area contributed by atoms with Crippen molar-refractivity contribution in [3.05, 3.63) is 68.4 Å². The van der Waals surface area contributed by atoms with E-state index >= 15 is 0 Å². The van der Waals surface area contributed by atoms with Gasteiger partial charge in [0.25, 0.3) is 0 Å².